The monoisotopic (exact) mass is 334 g/mol. The molecule has 122 valence electrons. The van der Waals surface area contributed by atoms with Crippen LogP contribution in [0.1, 0.15) is 34.1 Å². The third kappa shape index (κ3) is 6.43. The van der Waals surface area contributed by atoms with E-state index in [0.717, 1.165) is 23.4 Å². The average molecular weight is 335 g/mol. The van der Waals surface area contributed by atoms with Crippen molar-refractivity contribution in [3.05, 3.63) is 0 Å². The number of nitrogens with zero attached hydrogens (tertiary/aromatic N) is 4. The Bertz CT molecular complexity index is 377. The second kappa shape index (κ2) is 10.3. The second-order valence-corrected chi connectivity index (χ2v) is 8.15. The van der Waals surface area contributed by atoms with Gasteiger partial charge in [-0.1, -0.05) is 18.7 Å². The summed E-state index contributed by atoms with van der Waals surface area (Å²) in [6, 6.07) is 0.764. The Hall–Kier alpha value is -0.483. The highest BCUT2D eigenvalue weighted by Crippen LogP contribution is 2.18. The Morgan fingerprint density at radius 1 is 1.05 bits per heavy atom. The molecule has 0 saturated heterocycles. The fourth-order valence-corrected chi connectivity index (χ4v) is 5.05. The minimum atomic E-state index is -2.55. The number of thioether (sulfide) groups is 1. The molecule has 7 nitrogen and oxygen atoms in total. The molecule has 0 aliphatic heterocycles. The van der Waals surface area contributed by atoms with Crippen molar-refractivity contribution >= 4 is 20.6 Å². The van der Waals surface area contributed by atoms with Gasteiger partial charge in [0, 0.05) is 25.9 Å². The predicted molar refractivity (Wildman–Crippen MR) is 84.3 cm³/mol. The number of tetrazole rings is 1. The van der Waals surface area contributed by atoms with Crippen molar-refractivity contribution in [3.63, 3.8) is 0 Å². The highest BCUT2D eigenvalue weighted by molar-refractivity contribution is 7.99. The van der Waals surface area contributed by atoms with Gasteiger partial charge in [-0.15, -0.1) is 10.2 Å². The van der Waals surface area contributed by atoms with Crippen molar-refractivity contribution in [2.75, 3.05) is 25.6 Å². The summed E-state index contributed by atoms with van der Waals surface area (Å²) >= 11 is 1.59. The van der Waals surface area contributed by atoms with Crippen LogP contribution in [0.2, 0.25) is 6.04 Å². The number of aromatic nitrogens is 4. The highest BCUT2D eigenvalue weighted by atomic mass is 32.2. The van der Waals surface area contributed by atoms with Gasteiger partial charge in [-0.25, -0.2) is 0 Å². The number of rotatable bonds is 12. The molecule has 21 heavy (non-hydrogen) atoms. The number of aryl methyl sites for hydroxylation is 1. The highest BCUT2D eigenvalue weighted by Gasteiger charge is 2.39. The maximum absolute atomic E-state index is 5.82. The van der Waals surface area contributed by atoms with Crippen LogP contribution < -0.4 is 0 Å². The summed E-state index contributed by atoms with van der Waals surface area (Å²) in [6.45, 7) is 10.5. The molecule has 0 bridgehead atoms. The van der Waals surface area contributed by atoms with E-state index >= 15 is 0 Å². The zero-order valence-corrected chi connectivity index (χ0v) is 15.2. The van der Waals surface area contributed by atoms with Crippen molar-refractivity contribution in [2.24, 2.45) is 0 Å². The first-order valence-electron chi connectivity index (χ1n) is 7.52. The van der Waals surface area contributed by atoms with Crippen LogP contribution in [0.4, 0.5) is 0 Å². The molecular formula is C12H26N4O3SSi. The molecule has 0 fully saturated rings. The minimum absolute atomic E-state index is 0.602. The first-order valence-corrected chi connectivity index (χ1v) is 10.4. The number of hydrogen-bond donors (Lipinski definition) is 0. The molecule has 0 aliphatic carbocycles. The molecule has 0 spiro atoms. The zero-order chi connectivity index (χ0) is 15.6. The van der Waals surface area contributed by atoms with Gasteiger partial charge in [0.15, 0.2) is 0 Å². The lowest BCUT2D eigenvalue weighted by Gasteiger charge is -2.28. The Labute approximate surface area is 132 Å². The largest absolute Gasteiger partial charge is 0.500 e. The third-order valence-electron chi connectivity index (χ3n) is 2.64. The van der Waals surface area contributed by atoms with Crippen LogP contribution in [-0.2, 0) is 19.8 Å². The maximum atomic E-state index is 5.82. The first-order chi connectivity index (χ1) is 10.2. The number of hydrogen-bond acceptors (Lipinski definition) is 7. The van der Waals surface area contributed by atoms with Gasteiger partial charge in [-0.3, -0.25) is 0 Å². The standard InChI is InChI=1S/C12H26N4O3SSi/c1-5-17-21(18-6-2,19-7-3)11-9-10-16-14-12(13-15-16)20-8-4/h5-11H2,1-4H3. The fraction of sp³-hybridized carbons (Fsp3) is 0.917. The molecule has 0 unspecified atom stereocenters. The van der Waals surface area contributed by atoms with E-state index in [2.05, 4.69) is 22.3 Å². The summed E-state index contributed by atoms with van der Waals surface area (Å²) in [7, 11) is -2.55. The molecule has 1 aromatic rings. The van der Waals surface area contributed by atoms with Gasteiger partial charge in [0.2, 0.25) is 5.16 Å². The van der Waals surface area contributed by atoms with E-state index < -0.39 is 8.80 Å². The predicted octanol–water partition coefficient (Wildman–Crippen LogP) is 2.22. The van der Waals surface area contributed by atoms with Gasteiger partial charge in [-0.05, 0) is 38.2 Å². The van der Waals surface area contributed by atoms with Crippen LogP contribution in [0.15, 0.2) is 5.16 Å². The first kappa shape index (κ1) is 18.6. The average Bonchev–Trinajstić information content (AvgIpc) is 2.88. The van der Waals surface area contributed by atoms with Crippen LogP contribution in [0.3, 0.4) is 0 Å². The summed E-state index contributed by atoms with van der Waals surface area (Å²) in [6.07, 6.45) is 0.846. The van der Waals surface area contributed by atoms with E-state index in [1.165, 1.54) is 0 Å². The lowest BCUT2D eigenvalue weighted by molar-refractivity contribution is 0.0703. The van der Waals surface area contributed by atoms with E-state index in [0.29, 0.717) is 26.4 Å². The molecule has 0 atom stereocenters. The van der Waals surface area contributed by atoms with Crippen molar-refractivity contribution in [2.45, 2.75) is 51.9 Å². The topological polar surface area (TPSA) is 71.3 Å². The van der Waals surface area contributed by atoms with Crippen molar-refractivity contribution < 1.29 is 13.3 Å². The summed E-state index contributed by atoms with van der Waals surface area (Å²) in [5, 5.41) is 13.1. The van der Waals surface area contributed by atoms with E-state index in [-0.39, 0.29) is 0 Å². The second-order valence-electron chi connectivity index (χ2n) is 4.19. The van der Waals surface area contributed by atoms with Gasteiger partial charge >= 0.3 is 8.80 Å². The van der Waals surface area contributed by atoms with Gasteiger partial charge in [0.25, 0.3) is 0 Å². The fourth-order valence-electron chi connectivity index (χ4n) is 1.95. The van der Waals surface area contributed by atoms with Crippen molar-refractivity contribution in [1.82, 2.24) is 20.2 Å². The van der Waals surface area contributed by atoms with E-state index in [4.69, 9.17) is 13.3 Å². The molecule has 0 N–H and O–H groups in total. The smallest absolute Gasteiger partial charge is 0.374 e. The summed E-state index contributed by atoms with van der Waals surface area (Å²) < 4.78 is 17.5. The molecule has 0 aromatic carbocycles. The molecule has 0 radical (unpaired) electrons. The quantitative estimate of drug-likeness (QED) is 0.429. The van der Waals surface area contributed by atoms with Crippen LogP contribution in [0.5, 0.6) is 0 Å². The van der Waals surface area contributed by atoms with E-state index in [1.54, 1.807) is 16.6 Å². The SMILES string of the molecule is CCO[Si](CCCn1nnc(SCC)n1)(OCC)OCC. The van der Waals surface area contributed by atoms with E-state index in [1.807, 2.05) is 20.8 Å². The molecule has 1 heterocycles. The van der Waals surface area contributed by atoms with E-state index in [9.17, 15) is 0 Å². The Morgan fingerprint density at radius 2 is 1.67 bits per heavy atom. The van der Waals surface area contributed by atoms with Crippen LogP contribution in [0, 0.1) is 0 Å². The molecular weight excluding hydrogens is 308 g/mol. The molecule has 0 amide bonds. The molecule has 0 saturated carbocycles. The molecule has 1 aromatic heterocycles. The van der Waals surface area contributed by atoms with Crippen molar-refractivity contribution in [1.29, 1.82) is 0 Å². The van der Waals surface area contributed by atoms with Crippen LogP contribution in [0.25, 0.3) is 0 Å². The normalized spacial score (nSPS) is 12.0. The van der Waals surface area contributed by atoms with Gasteiger partial charge in [-0.2, -0.15) is 4.80 Å². The molecule has 1 rings (SSSR count). The summed E-state index contributed by atoms with van der Waals surface area (Å²) in [5.41, 5.74) is 0. The summed E-state index contributed by atoms with van der Waals surface area (Å²) in [4.78, 5) is 1.63. The van der Waals surface area contributed by atoms with Gasteiger partial charge in [0.05, 0.1) is 6.54 Å². The summed E-state index contributed by atoms with van der Waals surface area (Å²) in [5.74, 6) is 0.945. The van der Waals surface area contributed by atoms with Gasteiger partial charge < -0.3 is 13.3 Å². The lowest BCUT2D eigenvalue weighted by atomic mass is 10.5. The van der Waals surface area contributed by atoms with Crippen LogP contribution in [-0.4, -0.2) is 54.6 Å². The minimum Gasteiger partial charge on any atom is -0.374 e. The van der Waals surface area contributed by atoms with Crippen LogP contribution >= 0.6 is 11.8 Å². The molecule has 0 aliphatic rings. The Balaban J connectivity index is 2.50. The maximum Gasteiger partial charge on any atom is 0.500 e. The zero-order valence-electron chi connectivity index (χ0n) is 13.4. The molecule has 9 heteroatoms. The third-order valence-corrected chi connectivity index (χ3v) is 6.50. The van der Waals surface area contributed by atoms with Crippen molar-refractivity contribution in [3.8, 4) is 0 Å². The lowest BCUT2D eigenvalue weighted by Crippen LogP contribution is -2.46. The van der Waals surface area contributed by atoms with Gasteiger partial charge in [0.1, 0.15) is 0 Å². The Morgan fingerprint density at radius 3 is 2.19 bits per heavy atom. The Kier molecular flexibility index (Phi) is 9.09.